The zero-order chi connectivity index (χ0) is 8.15. The van der Waals surface area contributed by atoms with Gasteiger partial charge in [-0.3, -0.25) is 4.79 Å². The lowest BCUT2D eigenvalue weighted by Gasteiger charge is -2.06. The Balaban J connectivity index is 3.93. The minimum Gasteiger partial charge on any atom is -0.467 e. The van der Waals surface area contributed by atoms with Gasteiger partial charge in [-0.05, 0) is 0 Å². The van der Waals surface area contributed by atoms with Crippen molar-refractivity contribution < 1.29 is 23.8 Å². The largest absolute Gasteiger partial charge is 0.467 e. The summed E-state index contributed by atoms with van der Waals surface area (Å²) in [6, 6.07) is 0. The van der Waals surface area contributed by atoms with Gasteiger partial charge in [-0.1, -0.05) is 0 Å². The first-order valence-corrected chi connectivity index (χ1v) is 2.48. The third-order valence-electron chi connectivity index (χ3n) is 0.874. The van der Waals surface area contributed by atoms with Crippen LogP contribution in [0.25, 0.3) is 0 Å². The van der Waals surface area contributed by atoms with Crippen LogP contribution in [0.4, 0.5) is 4.39 Å². The van der Waals surface area contributed by atoms with Gasteiger partial charge in [-0.15, -0.1) is 0 Å². The second-order valence-corrected chi connectivity index (χ2v) is 1.55. The van der Waals surface area contributed by atoms with Crippen LogP contribution < -0.4 is 0 Å². The highest BCUT2D eigenvalue weighted by Crippen LogP contribution is 1.96. The van der Waals surface area contributed by atoms with E-state index >= 15 is 0 Å². The number of rotatable bonds is 3. The van der Waals surface area contributed by atoms with Crippen molar-refractivity contribution in [2.24, 2.45) is 0 Å². The van der Waals surface area contributed by atoms with E-state index < -0.39 is 18.2 Å². The van der Waals surface area contributed by atoms with Crippen molar-refractivity contribution in [3.8, 4) is 0 Å². The maximum absolute atomic E-state index is 12.0. The maximum atomic E-state index is 12.0. The molecule has 0 amide bonds. The van der Waals surface area contributed by atoms with Gasteiger partial charge in [0.25, 0.3) is 0 Å². The summed E-state index contributed by atoms with van der Waals surface area (Å²) < 4.78 is 16.0. The van der Waals surface area contributed by atoms with Gasteiger partial charge in [0.05, 0.1) is 7.11 Å². The molecule has 0 aromatic rings. The van der Waals surface area contributed by atoms with Gasteiger partial charge in [0.2, 0.25) is 0 Å². The molecule has 0 aliphatic heterocycles. The molecule has 58 valence electrons. The van der Waals surface area contributed by atoms with Crippen molar-refractivity contribution >= 4 is 12.3 Å². The van der Waals surface area contributed by atoms with Gasteiger partial charge < -0.3 is 9.84 Å². The maximum Gasteiger partial charge on any atom is 0.338 e. The van der Waals surface area contributed by atoms with E-state index in [-0.39, 0.29) is 6.29 Å². The van der Waals surface area contributed by atoms with E-state index in [1.54, 1.807) is 0 Å². The SMILES string of the molecule is COC(=O)C(O)C(F)C=O. The molecule has 0 aliphatic carbocycles. The van der Waals surface area contributed by atoms with E-state index in [2.05, 4.69) is 4.74 Å². The smallest absolute Gasteiger partial charge is 0.338 e. The lowest BCUT2D eigenvalue weighted by Crippen LogP contribution is -2.32. The molecule has 0 aliphatic rings. The molecule has 2 unspecified atom stereocenters. The molecule has 0 spiro atoms. The molecule has 10 heavy (non-hydrogen) atoms. The molecule has 0 aromatic carbocycles. The first kappa shape index (κ1) is 9.03. The van der Waals surface area contributed by atoms with E-state index in [0.29, 0.717) is 0 Å². The Labute approximate surface area is 56.6 Å². The average molecular weight is 150 g/mol. The second-order valence-electron chi connectivity index (χ2n) is 1.55. The number of aliphatic hydroxyl groups excluding tert-OH is 1. The molecule has 1 N–H and O–H groups in total. The van der Waals surface area contributed by atoms with Gasteiger partial charge in [0, 0.05) is 0 Å². The number of aldehydes is 1. The molecular weight excluding hydrogens is 143 g/mol. The van der Waals surface area contributed by atoms with Gasteiger partial charge in [0.15, 0.2) is 18.6 Å². The van der Waals surface area contributed by atoms with Crippen LogP contribution in [0.15, 0.2) is 0 Å². The van der Waals surface area contributed by atoms with E-state index in [9.17, 15) is 14.0 Å². The lowest BCUT2D eigenvalue weighted by atomic mass is 10.2. The Morgan fingerprint density at radius 3 is 2.60 bits per heavy atom. The Kier molecular flexibility index (Phi) is 3.56. The highest BCUT2D eigenvalue weighted by molar-refractivity contribution is 5.79. The standard InChI is InChI=1S/C5H7FO4/c1-10-5(9)4(8)3(6)2-7/h2-4,8H,1H3. The minimum absolute atomic E-state index is 0.165. The normalized spacial score (nSPS) is 15.5. The van der Waals surface area contributed by atoms with Crippen LogP contribution in [0.5, 0.6) is 0 Å². The van der Waals surface area contributed by atoms with Crippen LogP contribution in [0.1, 0.15) is 0 Å². The van der Waals surface area contributed by atoms with Crippen molar-refractivity contribution in [1.82, 2.24) is 0 Å². The summed E-state index contributed by atoms with van der Waals surface area (Å²) in [5, 5.41) is 8.51. The Bertz CT molecular complexity index is 136. The number of hydrogen-bond donors (Lipinski definition) is 1. The fraction of sp³-hybridized carbons (Fsp3) is 0.600. The van der Waals surface area contributed by atoms with E-state index in [0.717, 1.165) is 7.11 Å². The molecule has 0 saturated heterocycles. The van der Waals surface area contributed by atoms with Crippen LogP contribution >= 0.6 is 0 Å². The predicted molar refractivity (Wildman–Crippen MR) is 29.0 cm³/mol. The second kappa shape index (κ2) is 3.94. The summed E-state index contributed by atoms with van der Waals surface area (Å²) >= 11 is 0. The number of alkyl halides is 1. The van der Waals surface area contributed by atoms with E-state index in [4.69, 9.17) is 5.11 Å². The van der Waals surface area contributed by atoms with Gasteiger partial charge in [0.1, 0.15) is 0 Å². The molecule has 0 bridgehead atoms. The lowest BCUT2D eigenvalue weighted by molar-refractivity contribution is -0.155. The highest BCUT2D eigenvalue weighted by atomic mass is 19.1. The summed E-state index contributed by atoms with van der Waals surface area (Å²) in [4.78, 5) is 19.9. The van der Waals surface area contributed by atoms with Crippen LogP contribution in [0.3, 0.4) is 0 Å². The average Bonchev–Trinajstić information content (AvgIpc) is 2.00. The zero-order valence-corrected chi connectivity index (χ0v) is 5.28. The fourth-order valence-electron chi connectivity index (χ4n) is 0.325. The number of hydrogen-bond acceptors (Lipinski definition) is 4. The van der Waals surface area contributed by atoms with Gasteiger partial charge >= 0.3 is 5.97 Å². The van der Waals surface area contributed by atoms with Crippen LogP contribution in [0, 0.1) is 0 Å². The number of ether oxygens (including phenoxy) is 1. The Morgan fingerprint density at radius 1 is 1.80 bits per heavy atom. The topological polar surface area (TPSA) is 63.6 Å². The zero-order valence-electron chi connectivity index (χ0n) is 5.28. The number of aliphatic hydroxyl groups is 1. The number of esters is 1. The van der Waals surface area contributed by atoms with Crippen molar-refractivity contribution in [3.05, 3.63) is 0 Å². The molecule has 0 aromatic heterocycles. The number of methoxy groups -OCH3 is 1. The number of carbonyl (C=O) groups excluding carboxylic acids is 2. The van der Waals surface area contributed by atoms with E-state index in [1.165, 1.54) is 0 Å². The van der Waals surface area contributed by atoms with Crippen molar-refractivity contribution in [2.45, 2.75) is 12.3 Å². The molecule has 2 atom stereocenters. The summed E-state index contributed by atoms with van der Waals surface area (Å²) in [5.74, 6) is -1.15. The monoisotopic (exact) mass is 150 g/mol. The number of carbonyl (C=O) groups is 2. The number of halogens is 1. The Morgan fingerprint density at radius 2 is 2.30 bits per heavy atom. The van der Waals surface area contributed by atoms with Crippen LogP contribution in [-0.4, -0.2) is 36.7 Å². The fourth-order valence-corrected chi connectivity index (χ4v) is 0.325. The molecule has 0 saturated carbocycles. The summed E-state index contributed by atoms with van der Waals surface area (Å²) in [6.07, 6.45) is -4.36. The molecule has 0 radical (unpaired) electrons. The van der Waals surface area contributed by atoms with Crippen LogP contribution in [-0.2, 0) is 14.3 Å². The summed E-state index contributed by atoms with van der Waals surface area (Å²) in [7, 11) is 0.989. The van der Waals surface area contributed by atoms with Crippen molar-refractivity contribution in [1.29, 1.82) is 0 Å². The quantitative estimate of drug-likeness (QED) is 0.416. The van der Waals surface area contributed by atoms with Gasteiger partial charge in [-0.25, -0.2) is 9.18 Å². The third kappa shape index (κ3) is 2.10. The first-order chi connectivity index (χ1) is 4.63. The molecule has 5 heteroatoms. The molecule has 0 rings (SSSR count). The van der Waals surface area contributed by atoms with Gasteiger partial charge in [-0.2, -0.15) is 0 Å². The molecule has 0 fully saturated rings. The van der Waals surface area contributed by atoms with E-state index in [1.807, 2.05) is 0 Å². The third-order valence-corrected chi connectivity index (χ3v) is 0.874. The first-order valence-electron chi connectivity index (χ1n) is 2.48. The van der Waals surface area contributed by atoms with Crippen molar-refractivity contribution in [2.75, 3.05) is 7.11 Å². The van der Waals surface area contributed by atoms with Crippen molar-refractivity contribution in [3.63, 3.8) is 0 Å². The predicted octanol–water partition coefficient (Wildman–Crippen LogP) is -0.943. The summed E-state index contributed by atoms with van der Waals surface area (Å²) in [6.45, 7) is 0. The highest BCUT2D eigenvalue weighted by Gasteiger charge is 2.25. The Hall–Kier alpha value is -0.970. The molecular formula is C5H7FO4. The van der Waals surface area contributed by atoms with Crippen LogP contribution in [0.2, 0.25) is 0 Å². The molecule has 0 heterocycles. The molecule has 4 nitrogen and oxygen atoms in total. The minimum atomic E-state index is -2.20. The summed E-state index contributed by atoms with van der Waals surface area (Å²) in [5.41, 5.74) is 0.